The van der Waals surface area contributed by atoms with E-state index < -0.39 is 0 Å². The Bertz CT molecular complexity index is 2930. The fraction of sp³-hybridized carbons (Fsp3) is 0. The molecule has 0 radical (unpaired) electrons. The maximum absolute atomic E-state index is 6.76. The molecule has 9 aromatic carbocycles. The fourth-order valence-electron chi connectivity index (χ4n) is 7.90. The molecule has 56 heavy (non-hydrogen) atoms. The highest BCUT2D eigenvalue weighted by Gasteiger charge is 2.17. The molecule has 264 valence electrons. The lowest BCUT2D eigenvalue weighted by atomic mass is 9.97. The average molecular weight is 716 g/mol. The highest BCUT2D eigenvalue weighted by Crippen LogP contribution is 2.42. The van der Waals surface area contributed by atoms with Crippen LogP contribution in [0, 0.1) is 0 Å². The third kappa shape index (κ3) is 6.24. The van der Waals surface area contributed by atoms with Crippen LogP contribution in [0.2, 0.25) is 0 Å². The van der Waals surface area contributed by atoms with Crippen molar-refractivity contribution in [1.82, 2.24) is 0 Å². The molecule has 0 fully saturated rings. The van der Waals surface area contributed by atoms with Crippen LogP contribution in [0.4, 0.5) is 17.1 Å². The molecule has 0 unspecified atom stereocenters. The molecule has 0 aliphatic heterocycles. The topological polar surface area (TPSA) is 16.4 Å². The Kier molecular flexibility index (Phi) is 8.55. The second-order valence-electron chi connectivity index (χ2n) is 14.1. The van der Waals surface area contributed by atoms with Crippen LogP contribution in [0.1, 0.15) is 0 Å². The van der Waals surface area contributed by atoms with Gasteiger partial charge in [0.25, 0.3) is 0 Å². The summed E-state index contributed by atoms with van der Waals surface area (Å²) >= 11 is 0. The lowest BCUT2D eigenvalue weighted by molar-refractivity contribution is 0.671. The number of hydrogen-bond donors (Lipinski definition) is 0. The minimum atomic E-state index is 0.907. The minimum absolute atomic E-state index is 0.907. The summed E-state index contributed by atoms with van der Waals surface area (Å²) in [4.78, 5) is 2.34. The molecule has 1 heterocycles. The van der Waals surface area contributed by atoms with Gasteiger partial charge in [0.2, 0.25) is 0 Å². The standard InChI is InChI=1S/C54H37NO/c1-4-14-38(15-5-1)40-28-32-46(33-29-40)55(48-23-11-21-44(37-48)39-16-6-2-7-17-39)47-34-30-41(31-35-47)43-20-10-22-45(36-43)50-25-13-27-52-51-26-12-24-49(53(51)56-54(50)52)42-18-8-3-9-19-42/h1-37H. The van der Waals surface area contributed by atoms with Crippen molar-refractivity contribution >= 4 is 39.0 Å². The lowest BCUT2D eigenvalue weighted by Crippen LogP contribution is -2.10. The number of para-hydroxylation sites is 2. The Hall–Kier alpha value is -7.42. The summed E-state index contributed by atoms with van der Waals surface area (Å²) in [5.41, 5.74) is 16.6. The zero-order valence-electron chi connectivity index (χ0n) is 30.7. The first kappa shape index (κ1) is 33.2. The zero-order chi connectivity index (χ0) is 37.3. The molecule has 0 aliphatic rings. The highest BCUT2D eigenvalue weighted by molar-refractivity contribution is 6.13. The Morgan fingerprint density at radius 3 is 1.21 bits per heavy atom. The first-order chi connectivity index (χ1) is 27.8. The summed E-state index contributed by atoms with van der Waals surface area (Å²) in [6, 6.07) is 79.8. The van der Waals surface area contributed by atoms with Crippen molar-refractivity contribution in [1.29, 1.82) is 0 Å². The van der Waals surface area contributed by atoms with Crippen LogP contribution < -0.4 is 4.90 Å². The third-order valence-electron chi connectivity index (χ3n) is 10.7. The van der Waals surface area contributed by atoms with Gasteiger partial charge in [0.05, 0.1) is 0 Å². The average Bonchev–Trinajstić information content (AvgIpc) is 3.67. The monoisotopic (exact) mass is 715 g/mol. The van der Waals surface area contributed by atoms with Gasteiger partial charge < -0.3 is 9.32 Å². The van der Waals surface area contributed by atoms with E-state index >= 15 is 0 Å². The first-order valence-corrected chi connectivity index (χ1v) is 19.1. The van der Waals surface area contributed by atoms with Gasteiger partial charge in [-0.05, 0) is 87.0 Å². The van der Waals surface area contributed by atoms with E-state index in [1.165, 1.54) is 22.3 Å². The van der Waals surface area contributed by atoms with Crippen molar-refractivity contribution in [2.45, 2.75) is 0 Å². The number of hydrogen-bond acceptors (Lipinski definition) is 2. The van der Waals surface area contributed by atoms with Gasteiger partial charge in [0.15, 0.2) is 0 Å². The summed E-state index contributed by atoms with van der Waals surface area (Å²) in [7, 11) is 0. The van der Waals surface area contributed by atoms with Crippen molar-refractivity contribution in [3.8, 4) is 55.6 Å². The molecule has 10 rings (SSSR count). The molecule has 0 spiro atoms. The van der Waals surface area contributed by atoms with Crippen LogP contribution in [0.15, 0.2) is 229 Å². The lowest BCUT2D eigenvalue weighted by Gasteiger charge is -2.26. The molecular formula is C54H37NO. The van der Waals surface area contributed by atoms with Crippen LogP contribution in [0.5, 0.6) is 0 Å². The third-order valence-corrected chi connectivity index (χ3v) is 10.7. The maximum atomic E-state index is 6.76. The summed E-state index contributed by atoms with van der Waals surface area (Å²) < 4.78 is 6.76. The van der Waals surface area contributed by atoms with Crippen LogP contribution in [0.25, 0.3) is 77.6 Å². The summed E-state index contributed by atoms with van der Waals surface area (Å²) in [6.45, 7) is 0. The zero-order valence-corrected chi connectivity index (χ0v) is 30.7. The Labute approximate surface area is 327 Å². The van der Waals surface area contributed by atoms with Gasteiger partial charge in [-0.15, -0.1) is 0 Å². The summed E-state index contributed by atoms with van der Waals surface area (Å²) in [5.74, 6) is 0. The Morgan fingerprint density at radius 2 is 0.643 bits per heavy atom. The molecule has 0 atom stereocenters. The van der Waals surface area contributed by atoms with Gasteiger partial charge in [-0.3, -0.25) is 0 Å². The number of fused-ring (bicyclic) bond motifs is 3. The van der Waals surface area contributed by atoms with E-state index in [1.807, 2.05) is 6.07 Å². The van der Waals surface area contributed by atoms with Crippen molar-refractivity contribution in [2.75, 3.05) is 4.90 Å². The number of nitrogens with zero attached hydrogens (tertiary/aromatic N) is 1. The van der Waals surface area contributed by atoms with E-state index in [1.54, 1.807) is 0 Å². The molecule has 1 aromatic heterocycles. The molecule has 0 saturated carbocycles. The number of furan rings is 1. The van der Waals surface area contributed by atoms with Gasteiger partial charge in [-0.25, -0.2) is 0 Å². The number of anilines is 3. The molecule has 10 aromatic rings. The van der Waals surface area contributed by atoms with Crippen LogP contribution in [0.3, 0.4) is 0 Å². The highest BCUT2D eigenvalue weighted by atomic mass is 16.3. The van der Waals surface area contributed by atoms with Crippen molar-refractivity contribution in [3.05, 3.63) is 224 Å². The smallest absolute Gasteiger partial charge is 0.143 e. The molecule has 2 nitrogen and oxygen atoms in total. The number of rotatable bonds is 8. The van der Waals surface area contributed by atoms with Crippen LogP contribution >= 0.6 is 0 Å². The van der Waals surface area contributed by atoms with Crippen LogP contribution in [-0.2, 0) is 0 Å². The summed E-state index contributed by atoms with van der Waals surface area (Å²) in [6.07, 6.45) is 0. The second kappa shape index (κ2) is 14.4. The molecule has 0 amide bonds. The maximum Gasteiger partial charge on any atom is 0.143 e. The fourth-order valence-corrected chi connectivity index (χ4v) is 7.90. The van der Waals surface area contributed by atoms with Gasteiger partial charge in [0.1, 0.15) is 11.2 Å². The molecule has 0 bridgehead atoms. The largest absolute Gasteiger partial charge is 0.455 e. The van der Waals surface area contributed by atoms with Gasteiger partial charge >= 0.3 is 0 Å². The Morgan fingerprint density at radius 1 is 0.250 bits per heavy atom. The molecule has 0 aliphatic carbocycles. The predicted octanol–water partition coefficient (Wildman–Crippen LogP) is 15.4. The van der Waals surface area contributed by atoms with E-state index in [4.69, 9.17) is 4.42 Å². The molecule has 0 N–H and O–H groups in total. The van der Waals surface area contributed by atoms with Gasteiger partial charge in [-0.1, -0.05) is 182 Å². The van der Waals surface area contributed by atoms with Gasteiger partial charge in [0, 0.05) is 39.0 Å². The van der Waals surface area contributed by atoms with Crippen molar-refractivity contribution < 1.29 is 4.42 Å². The number of benzene rings is 9. The van der Waals surface area contributed by atoms with E-state index in [2.05, 4.69) is 223 Å². The normalized spacial score (nSPS) is 11.2. The van der Waals surface area contributed by atoms with Crippen molar-refractivity contribution in [3.63, 3.8) is 0 Å². The molecule has 0 saturated heterocycles. The van der Waals surface area contributed by atoms with E-state index in [9.17, 15) is 0 Å². The molecular weight excluding hydrogens is 679 g/mol. The minimum Gasteiger partial charge on any atom is -0.455 e. The second-order valence-corrected chi connectivity index (χ2v) is 14.1. The first-order valence-electron chi connectivity index (χ1n) is 19.1. The van der Waals surface area contributed by atoms with E-state index in [0.717, 1.165) is 72.4 Å². The SMILES string of the molecule is c1ccc(-c2ccc(N(c3ccc(-c4cccc(-c5cccc6c5oc5c(-c7ccccc7)cccc56)c4)cc3)c3cccc(-c4ccccc4)c3)cc2)cc1. The summed E-state index contributed by atoms with van der Waals surface area (Å²) in [5, 5.41) is 2.25. The van der Waals surface area contributed by atoms with Crippen molar-refractivity contribution in [2.24, 2.45) is 0 Å². The van der Waals surface area contributed by atoms with Crippen LogP contribution in [-0.4, -0.2) is 0 Å². The van der Waals surface area contributed by atoms with E-state index in [-0.39, 0.29) is 0 Å². The Balaban J connectivity index is 1.02. The molecule has 2 heteroatoms. The quantitative estimate of drug-likeness (QED) is 0.156. The predicted molar refractivity (Wildman–Crippen MR) is 236 cm³/mol. The van der Waals surface area contributed by atoms with E-state index in [0.29, 0.717) is 0 Å². The van der Waals surface area contributed by atoms with Gasteiger partial charge in [-0.2, -0.15) is 0 Å².